The number of benzene rings is 1. The highest BCUT2D eigenvalue weighted by Gasteiger charge is 2.18. The molecule has 0 fully saturated rings. The summed E-state index contributed by atoms with van der Waals surface area (Å²) >= 11 is 0. The van der Waals surface area contributed by atoms with Gasteiger partial charge in [0.25, 0.3) is 0 Å². The molecule has 0 aliphatic carbocycles. The van der Waals surface area contributed by atoms with E-state index < -0.39 is 0 Å². The fourth-order valence-electron chi connectivity index (χ4n) is 2.59. The van der Waals surface area contributed by atoms with Crippen molar-refractivity contribution in [3.8, 4) is 17.5 Å². The zero-order valence-electron chi connectivity index (χ0n) is 12.0. The predicted molar refractivity (Wildman–Crippen MR) is 77.1 cm³/mol. The number of hydrogen-bond donors (Lipinski definition) is 0. The Morgan fingerprint density at radius 2 is 1.95 bits per heavy atom. The average molecular weight is 265 g/mol. The molecule has 5 nitrogen and oxygen atoms in total. The first-order valence-corrected chi connectivity index (χ1v) is 6.40. The Labute approximate surface area is 117 Å². The molecule has 0 atom stereocenters. The van der Waals surface area contributed by atoms with Crippen molar-refractivity contribution in [3.63, 3.8) is 0 Å². The lowest BCUT2D eigenvalue weighted by Crippen LogP contribution is -1.96. The van der Waals surface area contributed by atoms with E-state index >= 15 is 0 Å². The third-order valence-corrected chi connectivity index (χ3v) is 3.74. The van der Waals surface area contributed by atoms with Crippen LogP contribution in [0.15, 0.2) is 18.2 Å². The van der Waals surface area contributed by atoms with E-state index in [9.17, 15) is 0 Å². The Morgan fingerprint density at radius 3 is 2.55 bits per heavy atom. The fraction of sp³-hybridized carbons (Fsp3) is 0.267. The van der Waals surface area contributed by atoms with Gasteiger partial charge in [0.05, 0.1) is 33.9 Å². The lowest BCUT2D eigenvalue weighted by Gasteiger charge is -2.03. The largest absolute Gasteiger partial charge is 0.327 e. The molecule has 3 rings (SSSR count). The van der Waals surface area contributed by atoms with E-state index in [2.05, 4.69) is 16.2 Å². The minimum Gasteiger partial charge on any atom is -0.327 e. The summed E-state index contributed by atoms with van der Waals surface area (Å²) in [4.78, 5) is 4.68. The first kappa shape index (κ1) is 12.4. The summed E-state index contributed by atoms with van der Waals surface area (Å²) in [6, 6.07) is 7.72. The lowest BCUT2D eigenvalue weighted by atomic mass is 10.2. The number of hydrogen-bond acceptors (Lipinski definition) is 3. The molecule has 3 aromatic rings. The molecule has 20 heavy (non-hydrogen) atoms. The molecule has 1 aromatic carbocycles. The summed E-state index contributed by atoms with van der Waals surface area (Å²) in [6.45, 7) is 4.03. The number of imidazole rings is 1. The van der Waals surface area contributed by atoms with Crippen molar-refractivity contribution in [3.05, 3.63) is 35.2 Å². The lowest BCUT2D eigenvalue weighted by molar-refractivity contribution is 0.731. The molecular formula is C15H15N5. The van der Waals surface area contributed by atoms with E-state index in [1.165, 1.54) is 0 Å². The van der Waals surface area contributed by atoms with Crippen molar-refractivity contribution >= 4 is 11.0 Å². The van der Waals surface area contributed by atoms with Gasteiger partial charge in [-0.3, -0.25) is 4.68 Å². The molecule has 0 N–H and O–H groups in total. The van der Waals surface area contributed by atoms with Gasteiger partial charge in [-0.1, -0.05) is 0 Å². The van der Waals surface area contributed by atoms with Crippen molar-refractivity contribution in [2.45, 2.75) is 13.8 Å². The number of aromatic nitrogens is 4. The smallest absolute Gasteiger partial charge is 0.144 e. The van der Waals surface area contributed by atoms with Gasteiger partial charge >= 0.3 is 0 Å². The topological polar surface area (TPSA) is 59.4 Å². The van der Waals surface area contributed by atoms with Crippen LogP contribution < -0.4 is 0 Å². The van der Waals surface area contributed by atoms with Gasteiger partial charge < -0.3 is 4.57 Å². The van der Waals surface area contributed by atoms with Crippen LogP contribution in [0.2, 0.25) is 0 Å². The Morgan fingerprint density at radius 1 is 1.20 bits per heavy atom. The molecule has 0 aliphatic heterocycles. The van der Waals surface area contributed by atoms with Gasteiger partial charge in [0.1, 0.15) is 5.82 Å². The minimum atomic E-state index is 0.627. The van der Waals surface area contributed by atoms with Crippen LogP contribution in [0, 0.1) is 25.2 Å². The van der Waals surface area contributed by atoms with Gasteiger partial charge in [-0.2, -0.15) is 10.4 Å². The van der Waals surface area contributed by atoms with E-state index in [0.717, 1.165) is 33.8 Å². The molecule has 0 amide bonds. The number of rotatable bonds is 1. The molecule has 2 heterocycles. The zero-order valence-corrected chi connectivity index (χ0v) is 12.0. The molecule has 0 aliphatic rings. The summed E-state index contributed by atoms with van der Waals surface area (Å²) in [7, 11) is 3.92. The van der Waals surface area contributed by atoms with Crippen LogP contribution in [-0.2, 0) is 14.1 Å². The van der Waals surface area contributed by atoms with Gasteiger partial charge in [-0.15, -0.1) is 0 Å². The Bertz CT molecular complexity index is 861. The molecule has 0 unspecified atom stereocenters. The van der Waals surface area contributed by atoms with Gasteiger partial charge in [0.15, 0.2) is 0 Å². The van der Waals surface area contributed by atoms with Crippen LogP contribution in [0.3, 0.4) is 0 Å². The average Bonchev–Trinajstić information content (AvgIpc) is 2.87. The number of nitrogens with zero attached hydrogens (tertiary/aromatic N) is 5. The van der Waals surface area contributed by atoms with E-state index in [1.54, 1.807) is 0 Å². The number of aryl methyl sites for hydroxylation is 3. The van der Waals surface area contributed by atoms with Gasteiger partial charge in [0, 0.05) is 19.8 Å². The molecule has 0 bridgehead atoms. The van der Waals surface area contributed by atoms with Crippen LogP contribution in [-0.4, -0.2) is 19.3 Å². The number of fused-ring (bicyclic) bond motifs is 1. The highest BCUT2D eigenvalue weighted by atomic mass is 15.3. The van der Waals surface area contributed by atoms with Crippen molar-refractivity contribution in [1.29, 1.82) is 5.26 Å². The summed E-state index contributed by atoms with van der Waals surface area (Å²) < 4.78 is 3.91. The maximum atomic E-state index is 8.98. The first-order chi connectivity index (χ1) is 9.52. The minimum absolute atomic E-state index is 0.627. The summed E-state index contributed by atoms with van der Waals surface area (Å²) in [5, 5.41) is 13.4. The third kappa shape index (κ3) is 1.62. The summed E-state index contributed by atoms with van der Waals surface area (Å²) in [5.41, 5.74) is 5.59. The first-order valence-electron chi connectivity index (χ1n) is 6.40. The van der Waals surface area contributed by atoms with Crippen LogP contribution in [0.5, 0.6) is 0 Å². The van der Waals surface area contributed by atoms with Crippen molar-refractivity contribution in [1.82, 2.24) is 19.3 Å². The fourth-order valence-corrected chi connectivity index (χ4v) is 2.59. The molecular weight excluding hydrogens is 250 g/mol. The second-order valence-electron chi connectivity index (χ2n) is 4.98. The van der Waals surface area contributed by atoms with Crippen molar-refractivity contribution in [2.75, 3.05) is 0 Å². The molecule has 0 saturated heterocycles. The highest BCUT2D eigenvalue weighted by Crippen LogP contribution is 2.28. The highest BCUT2D eigenvalue weighted by molar-refractivity contribution is 5.82. The van der Waals surface area contributed by atoms with Gasteiger partial charge in [-0.25, -0.2) is 4.98 Å². The molecule has 0 saturated carbocycles. The van der Waals surface area contributed by atoms with Gasteiger partial charge in [-0.05, 0) is 32.0 Å². The van der Waals surface area contributed by atoms with E-state index in [0.29, 0.717) is 5.56 Å². The van der Waals surface area contributed by atoms with Crippen molar-refractivity contribution in [2.24, 2.45) is 14.1 Å². The Balaban J connectivity index is 2.32. The van der Waals surface area contributed by atoms with Crippen LogP contribution in [0.1, 0.15) is 17.0 Å². The summed E-state index contributed by atoms with van der Waals surface area (Å²) in [5.74, 6) is 0.887. The monoisotopic (exact) mass is 265 g/mol. The molecule has 0 radical (unpaired) electrons. The van der Waals surface area contributed by atoms with Crippen LogP contribution >= 0.6 is 0 Å². The Kier molecular flexibility index (Phi) is 2.61. The quantitative estimate of drug-likeness (QED) is 0.679. The molecule has 0 spiro atoms. The molecule has 100 valence electrons. The van der Waals surface area contributed by atoms with Gasteiger partial charge in [0.2, 0.25) is 0 Å². The maximum Gasteiger partial charge on any atom is 0.144 e. The van der Waals surface area contributed by atoms with E-state index in [4.69, 9.17) is 5.26 Å². The molecule has 2 aromatic heterocycles. The Hall–Kier alpha value is -2.61. The second-order valence-corrected chi connectivity index (χ2v) is 4.98. The van der Waals surface area contributed by atoms with Crippen LogP contribution in [0.25, 0.3) is 22.4 Å². The zero-order chi connectivity index (χ0) is 14.4. The van der Waals surface area contributed by atoms with Crippen molar-refractivity contribution < 1.29 is 0 Å². The standard InChI is InChI=1S/C15H15N5/c1-9-14(10(2)20(4)18-9)15-17-12-7-11(8-16)5-6-13(12)19(15)3/h5-7H,1-4H3. The van der Waals surface area contributed by atoms with E-state index in [1.807, 2.05) is 55.4 Å². The predicted octanol–water partition coefficient (Wildman–Crippen LogP) is 2.46. The number of nitriles is 1. The third-order valence-electron chi connectivity index (χ3n) is 3.74. The van der Waals surface area contributed by atoms with E-state index in [-0.39, 0.29) is 0 Å². The normalized spacial score (nSPS) is 10.9. The SMILES string of the molecule is Cc1nn(C)c(C)c1-c1nc2cc(C#N)ccc2n1C. The van der Waals surface area contributed by atoms with Crippen LogP contribution in [0.4, 0.5) is 0 Å². The molecule has 5 heteroatoms. The second kappa shape index (κ2) is 4.20. The summed E-state index contributed by atoms with van der Waals surface area (Å²) in [6.07, 6.45) is 0. The maximum absolute atomic E-state index is 8.98.